The summed E-state index contributed by atoms with van der Waals surface area (Å²) in [6.07, 6.45) is 0. The highest BCUT2D eigenvalue weighted by Crippen LogP contribution is 2.24. The zero-order valence-corrected chi connectivity index (χ0v) is 17.4. The van der Waals surface area contributed by atoms with E-state index in [1.54, 1.807) is 16.6 Å². The van der Waals surface area contributed by atoms with Gasteiger partial charge in [-0.2, -0.15) is 14.6 Å². The van der Waals surface area contributed by atoms with Crippen molar-refractivity contribution in [2.75, 3.05) is 5.32 Å². The minimum absolute atomic E-state index is 0.246. The minimum Gasteiger partial charge on any atom is -0.323 e. The lowest BCUT2D eigenvalue weighted by Gasteiger charge is -2.05. The van der Waals surface area contributed by atoms with Crippen LogP contribution in [0.3, 0.4) is 0 Å². The molecular formula is C22H18FN7S. The van der Waals surface area contributed by atoms with Gasteiger partial charge in [-0.1, -0.05) is 54.2 Å². The second-order valence-electron chi connectivity index (χ2n) is 6.96. The number of benzene rings is 2. The maximum Gasteiger partial charge on any atom is 0.255 e. The highest BCUT2D eigenvalue weighted by Gasteiger charge is 2.12. The molecule has 0 fully saturated rings. The van der Waals surface area contributed by atoms with Gasteiger partial charge in [-0.3, -0.25) is 5.10 Å². The van der Waals surface area contributed by atoms with Crippen LogP contribution in [0.25, 0.3) is 17.0 Å². The summed E-state index contributed by atoms with van der Waals surface area (Å²) in [5, 5.41) is 15.9. The molecule has 3 heterocycles. The van der Waals surface area contributed by atoms with Crippen LogP contribution in [0, 0.1) is 12.7 Å². The van der Waals surface area contributed by atoms with Crippen LogP contribution in [0.1, 0.15) is 11.3 Å². The molecule has 0 saturated carbocycles. The molecule has 5 aromatic rings. The van der Waals surface area contributed by atoms with Gasteiger partial charge in [0.2, 0.25) is 5.16 Å². The molecule has 154 valence electrons. The summed E-state index contributed by atoms with van der Waals surface area (Å²) in [6, 6.07) is 20.3. The Kier molecular flexibility index (Phi) is 5.09. The molecule has 31 heavy (non-hydrogen) atoms. The standard InChI is InChI=1S/C22H18FN7S/c1-14-11-20(25-19-12-18(27-28-19)16-5-3-2-4-6-16)30-21(24-14)26-22(29-30)31-13-15-7-9-17(23)10-8-15/h2-12H,13H2,1H3,(H2,25,27,28). The van der Waals surface area contributed by atoms with E-state index in [0.29, 0.717) is 22.5 Å². The molecule has 0 atom stereocenters. The molecule has 9 heteroatoms. The van der Waals surface area contributed by atoms with E-state index in [1.807, 2.05) is 49.4 Å². The number of halogens is 1. The van der Waals surface area contributed by atoms with Crippen LogP contribution in [0.5, 0.6) is 0 Å². The Morgan fingerprint density at radius 1 is 1.03 bits per heavy atom. The molecule has 0 unspecified atom stereocenters. The largest absolute Gasteiger partial charge is 0.323 e. The number of anilines is 2. The van der Waals surface area contributed by atoms with E-state index in [2.05, 4.69) is 30.6 Å². The minimum atomic E-state index is -0.246. The monoisotopic (exact) mass is 431 g/mol. The van der Waals surface area contributed by atoms with Gasteiger partial charge < -0.3 is 5.32 Å². The van der Waals surface area contributed by atoms with E-state index in [0.717, 1.165) is 28.3 Å². The first-order valence-electron chi connectivity index (χ1n) is 9.63. The van der Waals surface area contributed by atoms with Gasteiger partial charge in [-0.25, -0.2) is 9.37 Å². The molecule has 0 spiro atoms. The first-order chi connectivity index (χ1) is 15.1. The number of hydrogen-bond acceptors (Lipinski definition) is 6. The van der Waals surface area contributed by atoms with Crippen LogP contribution in [0.4, 0.5) is 16.0 Å². The van der Waals surface area contributed by atoms with Crippen molar-refractivity contribution in [3.05, 3.63) is 83.8 Å². The molecule has 0 amide bonds. The lowest BCUT2D eigenvalue weighted by atomic mass is 10.2. The normalized spacial score (nSPS) is 11.2. The molecule has 0 bridgehead atoms. The Hall–Kier alpha value is -3.72. The number of fused-ring (bicyclic) bond motifs is 1. The van der Waals surface area contributed by atoms with Crippen LogP contribution < -0.4 is 5.32 Å². The Morgan fingerprint density at radius 2 is 1.84 bits per heavy atom. The lowest BCUT2D eigenvalue weighted by Crippen LogP contribution is -2.02. The Bertz CT molecular complexity index is 1330. The Morgan fingerprint density at radius 3 is 2.65 bits per heavy atom. The molecule has 7 nitrogen and oxygen atoms in total. The maximum absolute atomic E-state index is 13.1. The summed E-state index contributed by atoms with van der Waals surface area (Å²) in [7, 11) is 0. The number of rotatable bonds is 6. The van der Waals surface area contributed by atoms with Gasteiger partial charge in [0.15, 0.2) is 5.82 Å². The molecule has 0 aliphatic carbocycles. The van der Waals surface area contributed by atoms with Crippen molar-refractivity contribution < 1.29 is 4.39 Å². The third-order valence-electron chi connectivity index (χ3n) is 4.62. The van der Waals surface area contributed by atoms with Crippen molar-refractivity contribution in [2.45, 2.75) is 17.8 Å². The molecule has 0 aliphatic rings. The highest BCUT2D eigenvalue weighted by atomic mass is 32.2. The average Bonchev–Trinajstić information content (AvgIpc) is 3.41. The van der Waals surface area contributed by atoms with Gasteiger partial charge >= 0.3 is 0 Å². The fourth-order valence-electron chi connectivity index (χ4n) is 3.13. The van der Waals surface area contributed by atoms with Gasteiger partial charge in [-0.05, 0) is 30.2 Å². The van der Waals surface area contributed by atoms with Gasteiger partial charge in [0.1, 0.15) is 11.6 Å². The molecule has 2 N–H and O–H groups in total. The molecule has 5 rings (SSSR count). The van der Waals surface area contributed by atoms with E-state index in [4.69, 9.17) is 0 Å². The fourth-order valence-corrected chi connectivity index (χ4v) is 3.90. The summed E-state index contributed by atoms with van der Waals surface area (Å²) in [6.45, 7) is 1.91. The maximum atomic E-state index is 13.1. The fraction of sp³-hybridized carbons (Fsp3) is 0.0909. The molecule has 3 aromatic heterocycles. The topological polar surface area (TPSA) is 83.8 Å². The quantitative estimate of drug-likeness (QED) is 0.368. The third kappa shape index (κ3) is 4.26. The van der Waals surface area contributed by atoms with E-state index < -0.39 is 0 Å². The van der Waals surface area contributed by atoms with Gasteiger partial charge in [0.05, 0.1) is 5.69 Å². The number of H-pyrrole nitrogens is 1. The number of aromatic nitrogens is 6. The molecule has 0 aliphatic heterocycles. The van der Waals surface area contributed by atoms with Gasteiger partial charge in [-0.15, -0.1) is 5.10 Å². The zero-order valence-electron chi connectivity index (χ0n) is 16.6. The summed E-state index contributed by atoms with van der Waals surface area (Å²) in [5.74, 6) is 2.28. The summed E-state index contributed by atoms with van der Waals surface area (Å²) < 4.78 is 14.8. The summed E-state index contributed by atoms with van der Waals surface area (Å²) in [5.41, 5.74) is 3.78. The number of nitrogens with one attached hydrogen (secondary N) is 2. The highest BCUT2D eigenvalue weighted by molar-refractivity contribution is 7.98. The van der Waals surface area contributed by atoms with Crippen LogP contribution >= 0.6 is 11.8 Å². The number of hydrogen-bond donors (Lipinski definition) is 2. The lowest BCUT2D eigenvalue weighted by molar-refractivity contribution is 0.627. The van der Waals surface area contributed by atoms with Crippen LogP contribution in [-0.4, -0.2) is 29.8 Å². The zero-order chi connectivity index (χ0) is 21.2. The van der Waals surface area contributed by atoms with Crippen molar-refractivity contribution in [2.24, 2.45) is 0 Å². The number of aromatic amines is 1. The predicted octanol–water partition coefficient (Wildman–Crippen LogP) is 5.00. The van der Waals surface area contributed by atoms with E-state index in [-0.39, 0.29) is 5.82 Å². The SMILES string of the molecule is Cc1cc(Nc2cc(-c3ccccc3)[nH]n2)n2nc(SCc3ccc(F)cc3)nc2n1. The second-order valence-corrected chi connectivity index (χ2v) is 7.90. The predicted molar refractivity (Wildman–Crippen MR) is 119 cm³/mol. The van der Waals surface area contributed by atoms with Crippen LogP contribution in [-0.2, 0) is 5.75 Å². The van der Waals surface area contributed by atoms with E-state index in [1.165, 1.54) is 23.9 Å². The first kappa shape index (κ1) is 19.3. The van der Waals surface area contributed by atoms with Crippen molar-refractivity contribution in [1.29, 1.82) is 0 Å². The van der Waals surface area contributed by atoms with Gasteiger partial charge in [0, 0.05) is 23.6 Å². The third-order valence-corrected chi connectivity index (χ3v) is 5.53. The van der Waals surface area contributed by atoms with Crippen molar-refractivity contribution in [1.82, 2.24) is 29.8 Å². The number of aryl methyl sites for hydroxylation is 1. The Balaban J connectivity index is 1.38. The second kappa shape index (κ2) is 8.19. The summed E-state index contributed by atoms with van der Waals surface area (Å²) >= 11 is 1.47. The van der Waals surface area contributed by atoms with E-state index in [9.17, 15) is 4.39 Å². The number of nitrogens with zero attached hydrogens (tertiary/aromatic N) is 5. The number of thioether (sulfide) groups is 1. The van der Waals surface area contributed by atoms with E-state index >= 15 is 0 Å². The molecule has 0 saturated heterocycles. The Labute approximate surface area is 181 Å². The first-order valence-corrected chi connectivity index (χ1v) is 10.6. The summed E-state index contributed by atoms with van der Waals surface area (Å²) in [4.78, 5) is 9.00. The average molecular weight is 432 g/mol. The van der Waals surface area contributed by atoms with Crippen molar-refractivity contribution in [3.63, 3.8) is 0 Å². The van der Waals surface area contributed by atoms with Crippen LogP contribution in [0.2, 0.25) is 0 Å². The van der Waals surface area contributed by atoms with Crippen molar-refractivity contribution >= 4 is 29.2 Å². The van der Waals surface area contributed by atoms with Crippen molar-refractivity contribution in [3.8, 4) is 11.3 Å². The van der Waals surface area contributed by atoms with Crippen LogP contribution in [0.15, 0.2) is 71.9 Å². The molecule has 2 aromatic carbocycles. The molecular weight excluding hydrogens is 413 g/mol. The van der Waals surface area contributed by atoms with Gasteiger partial charge in [0.25, 0.3) is 5.78 Å². The smallest absolute Gasteiger partial charge is 0.255 e. The molecule has 0 radical (unpaired) electrons.